The summed E-state index contributed by atoms with van der Waals surface area (Å²) < 4.78 is 53.8. The Morgan fingerprint density at radius 3 is 2.21 bits per heavy atom. The van der Waals surface area contributed by atoms with Gasteiger partial charge >= 0.3 is 5.97 Å². The number of halogens is 3. The van der Waals surface area contributed by atoms with Crippen LogP contribution in [0.2, 0.25) is 0 Å². The molecule has 9 heteroatoms. The molecular weight excluding hydrogens is 451 g/mol. The summed E-state index contributed by atoms with van der Waals surface area (Å²) in [5, 5.41) is 11.9. The molecule has 0 bridgehead atoms. The maximum atomic E-state index is 14.6. The lowest BCUT2D eigenvalue weighted by atomic mass is 9.65. The van der Waals surface area contributed by atoms with Gasteiger partial charge in [-0.3, -0.25) is 9.59 Å². The third kappa shape index (κ3) is 5.46. The highest BCUT2D eigenvalue weighted by atomic mass is 19.2. The van der Waals surface area contributed by atoms with Crippen molar-refractivity contribution in [1.29, 1.82) is 0 Å². The molecule has 0 unspecified atom stereocenters. The van der Waals surface area contributed by atoms with Crippen molar-refractivity contribution in [2.75, 3.05) is 13.7 Å². The van der Waals surface area contributed by atoms with Gasteiger partial charge in [-0.1, -0.05) is 19.1 Å². The predicted molar refractivity (Wildman–Crippen MR) is 118 cm³/mol. The third-order valence-electron chi connectivity index (χ3n) is 6.66. The van der Waals surface area contributed by atoms with Crippen molar-refractivity contribution in [3.05, 3.63) is 58.9 Å². The summed E-state index contributed by atoms with van der Waals surface area (Å²) in [5.41, 5.74) is -1.40. The van der Waals surface area contributed by atoms with Gasteiger partial charge in [0.25, 0.3) is 5.91 Å². The Hall–Kier alpha value is -3.23. The summed E-state index contributed by atoms with van der Waals surface area (Å²) in [6.45, 7) is 3.49. The molecule has 1 saturated carbocycles. The van der Waals surface area contributed by atoms with E-state index in [0.717, 1.165) is 0 Å². The first kappa shape index (κ1) is 25.4. The maximum Gasteiger partial charge on any atom is 0.309 e. The van der Waals surface area contributed by atoms with Gasteiger partial charge in [-0.05, 0) is 61.8 Å². The number of ether oxygens (including phenoxy) is 2. The van der Waals surface area contributed by atoms with Crippen molar-refractivity contribution in [3.8, 4) is 11.5 Å². The summed E-state index contributed by atoms with van der Waals surface area (Å²) in [7, 11) is 1.50. The Morgan fingerprint density at radius 2 is 1.65 bits per heavy atom. The molecule has 2 aromatic carbocycles. The zero-order valence-corrected chi connectivity index (χ0v) is 19.3. The molecule has 0 spiro atoms. The van der Waals surface area contributed by atoms with Crippen molar-refractivity contribution < 1.29 is 37.3 Å². The number of rotatable bonds is 8. The van der Waals surface area contributed by atoms with Gasteiger partial charge in [-0.15, -0.1) is 0 Å². The summed E-state index contributed by atoms with van der Waals surface area (Å²) in [6.07, 6.45) is 1.96. The van der Waals surface area contributed by atoms with Gasteiger partial charge in [0, 0.05) is 6.54 Å². The second-order valence-corrected chi connectivity index (χ2v) is 9.36. The van der Waals surface area contributed by atoms with Crippen LogP contribution in [0.3, 0.4) is 0 Å². The minimum atomic E-state index is -1.58. The van der Waals surface area contributed by atoms with Gasteiger partial charge in [0.1, 0.15) is 12.4 Å². The fourth-order valence-corrected chi connectivity index (χ4v) is 3.94. The first-order valence-corrected chi connectivity index (χ1v) is 10.9. The van der Waals surface area contributed by atoms with Gasteiger partial charge < -0.3 is 19.9 Å². The predicted octanol–water partition coefficient (Wildman–Crippen LogP) is 5.09. The van der Waals surface area contributed by atoms with E-state index in [4.69, 9.17) is 9.47 Å². The van der Waals surface area contributed by atoms with Crippen LogP contribution < -0.4 is 14.8 Å². The molecule has 1 fully saturated rings. The van der Waals surface area contributed by atoms with E-state index in [1.54, 1.807) is 31.2 Å². The van der Waals surface area contributed by atoms with Gasteiger partial charge in [0.2, 0.25) is 5.82 Å². The Morgan fingerprint density at radius 1 is 1.03 bits per heavy atom. The van der Waals surface area contributed by atoms with Crippen molar-refractivity contribution in [3.63, 3.8) is 0 Å². The molecule has 0 aromatic heterocycles. The van der Waals surface area contributed by atoms with E-state index in [-0.39, 0.29) is 13.2 Å². The molecule has 6 nitrogen and oxygen atoms in total. The molecule has 1 amide bonds. The number of benzene rings is 2. The van der Waals surface area contributed by atoms with E-state index >= 15 is 0 Å². The van der Waals surface area contributed by atoms with Crippen LogP contribution in [0.15, 0.2) is 30.3 Å². The third-order valence-corrected chi connectivity index (χ3v) is 6.66. The second-order valence-electron chi connectivity index (χ2n) is 9.36. The number of hydrogen-bond donors (Lipinski definition) is 2. The second kappa shape index (κ2) is 9.95. The smallest absolute Gasteiger partial charge is 0.309 e. The monoisotopic (exact) mass is 479 g/mol. The Kier molecular flexibility index (Phi) is 7.43. The Balaban J connectivity index is 1.65. The summed E-state index contributed by atoms with van der Waals surface area (Å²) in [4.78, 5) is 23.9. The number of amides is 1. The molecule has 1 aliphatic carbocycles. The van der Waals surface area contributed by atoms with Gasteiger partial charge in [0.15, 0.2) is 17.4 Å². The molecule has 0 radical (unpaired) electrons. The molecule has 1 aliphatic rings. The van der Waals surface area contributed by atoms with E-state index in [1.807, 2.05) is 6.92 Å². The zero-order chi connectivity index (χ0) is 25.1. The number of nitrogens with one attached hydrogen (secondary N) is 1. The molecule has 34 heavy (non-hydrogen) atoms. The highest BCUT2D eigenvalue weighted by Crippen LogP contribution is 2.45. The number of aliphatic carboxylic acids is 1. The topological polar surface area (TPSA) is 84.9 Å². The first-order chi connectivity index (χ1) is 16.0. The van der Waals surface area contributed by atoms with E-state index in [0.29, 0.717) is 43.1 Å². The van der Waals surface area contributed by atoms with E-state index in [1.165, 1.54) is 7.11 Å². The average molecular weight is 479 g/mol. The average Bonchev–Trinajstić information content (AvgIpc) is 2.82. The fraction of sp³-hybridized carbons (Fsp3) is 0.440. The molecule has 0 aliphatic heterocycles. The first-order valence-electron chi connectivity index (χ1n) is 10.9. The van der Waals surface area contributed by atoms with Crippen LogP contribution in [0.1, 0.15) is 55.5 Å². The quantitative estimate of drug-likeness (QED) is 0.515. The van der Waals surface area contributed by atoms with E-state index in [9.17, 15) is 27.9 Å². The van der Waals surface area contributed by atoms with Gasteiger partial charge in [-0.25, -0.2) is 8.78 Å². The summed E-state index contributed by atoms with van der Waals surface area (Å²) in [5.74, 6) is -6.41. The van der Waals surface area contributed by atoms with Crippen molar-refractivity contribution in [1.82, 2.24) is 5.32 Å². The highest BCUT2D eigenvalue weighted by Gasteiger charge is 2.42. The van der Waals surface area contributed by atoms with Gasteiger partial charge in [-0.2, -0.15) is 4.39 Å². The zero-order valence-electron chi connectivity index (χ0n) is 19.3. The van der Waals surface area contributed by atoms with E-state index < -0.39 is 51.5 Å². The number of carboxylic acids is 1. The van der Waals surface area contributed by atoms with Crippen LogP contribution in [-0.2, 0) is 11.4 Å². The van der Waals surface area contributed by atoms with Crippen LogP contribution in [0.5, 0.6) is 11.5 Å². The number of carbonyl (C=O) groups is 2. The van der Waals surface area contributed by atoms with Crippen molar-refractivity contribution in [2.24, 2.45) is 10.8 Å². The maximum absolute atomic E-state index is 14.6. The SMILES string of the molecule is COc1ccc(COc2c(F)cc(C(=O)NCC3(C)CCC(C)(C(=O)O)CC3)c(F)c2F)cc1. The molecule has 0 atom stereocenters. The number of methoxy groups -OCH3 is 1. The minimum Gasteiger partial charge on any atom is -0.497 e. The van der Waals surface area contributed by atoms with Gasteiger partial charge in [0.05, 0.1) is 18.1 Å². The lowest BCUT2D eigenvalue weighted by Gasteiger charge is -2.41. The Bertz CT molecular complexity index is 1060. The fourth-order valence-electron chi connectivity index (χ4n) is 3.94. The molecule has 3 rings (SSSR count). The summed E-state index contributed by atoms with van der Waals surface area (Å²) in [6, 6.07) is 7.18. The lowest BCUT2D eigenvalue weighted by molar-refractivity contribution is -0.151. The number of carbonyl (C=O) groups excluding carboxylic acids is 1. The lowest BCUT2D eigenvalue weighted by Crippen LogP contribution is -2.42. The Labute approximate surface area is 196 Å². The highest BCUT2D eigenvalue weighted by molar-refractivity contribution is 5.94. The molecular formula is C25H28F3NO5. The molecule has 184 valence electrons. The largest absolute Gasteiger partial charge is 0.497 e. The van der Waals surface area contributed by atoms with Crippen LogP contribution in [-0.4, -0.2) is 30.6 Å². The minimum absolute atomic E-state index is 0.125. The number of hydrogen-bond acceptors (Lipinski definition) is 4. The van der Waals surface area contributed by atoms with Crippen LogP contribution in [0.4, 0.5) is 13.2 Å². The van der Waals surface area contributed by atoms with Crippen LogP contribution >= 0.6 is 0 Å². The molecule has 2 aromatic rings. The molecule has 0 heterocycles. The van der Waals surface area contributed by atoms with Crippen molar-refractivity contribution in [2.45, 2.75) is 46.1 Å². The summed E-state index contributed by atoms with van der Waals surface area (Å²) >= 11 is 0. The standard InChI is InChI=1S/C25H28F3NO5/c1-24(8-10-25(2,11-9-24)23(31)32)14-29-22(30)17-12-18(26)21(20(28)19(17)27)34-13-15-4-6-16(33-3)7-5-15/h4-7,12H,8-11,13-14H2,1-3H3,(H,29,30)(H,31,32). The molecule has 0 saturated heterocycles. The van der Waals surface area contributed by atoms with E-state index in [2.05, 4.69) is 5.32 Å². The van der Waals surface area contributed by atoms with Crippen LogP contribution in [0.25, 0.3) is 0 Å². The van der Waals surface area contributed by atoms with Crippen LogP contribution in [0, 0.1) is 28.3 Å². The number of carboxylic acid groups (broad SMARTS) is 1. The van der Waals surface area contributed by atoms with Crippen molar-refractivity contribution >= 4 is 11.9 Å². The normalized spacial score (nSPS) is 22.2. The molecule has 2 N–H and O–H groups in total.